The molecule has 1 aliphatic heterocycles. The lowest BCUT2D eigenvalue weighted by Gasteiger charge is -2.37. The van der Waals surface area contributed by atoms with Gasteiger partial charge in [-0.3, -0.25) is 19.8 Å². The van der Waals surface area contributed by atoms with E-state index in [0.717, 1.165) is 11.0 Å². The van der Waals surface area contributed by atoms with E-state index in [1.807, 2.05) is 0 Å². The highest BCUT2D eigenvalue weighted by molar-refractivity contribution is 6.13. The van der Waals surface area contributed by atoms with Gasteiger partial charge < -0.3 is 19.9 Å². The Labute approximate surface area is 218 Å². The van der Waals surface area contributed by atoms with Gasteiger partial charge in [-0.05, 0) is 37.3 Å². The average Bonchev–Trinajstić information content (AvgIpc) is 2.92. The SMILES string of the molecule is CN=CC(=C(C)N)c1cc2c(cn1)CN(c1c(F)c(OC)cc(OC)c1F)C(=O)N2c1ccc(OC)cc1. The Balaban J connectivity index is 1.96. The van der Waals surface area contributed by atoms with Crippen molar-refractivity contribution in [2.24, 2.45) is 10.7 Å². The third kappa shape index (κ3) is 4.58. The van der Waals surface area contributed by atoms with Gasteiger partial charge in [-0.25, -0.2) is 13.6 Å². The summed E-state index contributed by atoms with van der Waals surface area (Å²) in [6.07, 6.45) is 3.12. The Hall–Kier alpha value is -4.67. The lowest BCUT2D eigenvalue weighted by Crippen LogP contribution is -2.46. The lowest BCUT2D eigenvalue weighted by atomic mass is 10.0. The maximum absolute atomic E-state index is 15.5. The minimum absolute atomic E-state index is 0.166. The van der Waals surface area contributed by atoms with Crippen LogP contribution in [0.2, 0.25) is 0 Å². The number of amides is 2. The molecule has 2 aromatic carbocycles. The summed E-state index contributed by atoms with van der Waals surface area (Å²) < 4.78 is 46.3. The number of benzene rings is 2. The molecular weight excluding hydrogens is 496 g/mol. The number of pyridine rings is 1. The van der Waals surface area contributed by atoms with E-state index in [1.54, 1.807) is 56.7 Å². The first-order chi connectivity index (χ1) is 18.2. The molecule has 2 amide bonds. The van der Waals surface area contributed by atoms with Gasteiger partial charge in [0, 0.05) is 42.4 Å². The van der Waals surface area contributed by atoms with E-state index in [0.29, 0.717) is 39.7 Å². The maximum Gasteiger partial charge on any atom is 0.334 e. The number of halogens is 2. The zero-order valence-electron chi connectivity index (χ0n) is 21.6. The number of fused-ring (bicyclic) bond motifs is 1. The van der Waals surface area contributed by atoms with Gasteiger partial charge in [0.1, 0.15) is 11.4 Å². The van der Waals surface area contributed by atoms with Gasteiger partial charge in [-0.1, -0.05) is 0 Å². The van der Waals surface area contributed by atoms with E-state index in [2.05, 4.69) is 9.98 Å². The first-order valence-corrected chi connectivity index (χ1v) is 11.5. The molecule has 4 rings (SSSR count). The van der Waals surface area contributed by atoms with Gasteiger partial charge in [-0.15, -0.1) is 0 Å². The Morgan fingerprint density at radius 2 is 1.68 bits per heavy atom. The number of carbonyl (C=O) groups excluding carboxylic acids is 1. The first kappa shape index (κ1) is 26.4. The number of nitrogens with two attached hydrogens (primary N) is 1. The summed E-state index contributed by atoms with van der Waals surface area (Å²) in [5, 5.41) is 0. The highest BCUT2D eigenvalue weighted by atomic mass is 19.1. The van der Waals surface area contributed by atoms with Gasteiger partial charge in [-0.2, -0.15) is 0 Å². The summed E-state index contributed by atoms with van der Waals surface area (Å²) in [6.45, 7) is 1.55. The van der Waals surface area contributed by atoms with Crippen LogP contribution < -0.4 is 29.7 Å². The predicted molar refractivity (Wildman–Crippen MR) is 142 cm³/mol. The third-order valence-corrected chi connectivity index (χ3v) is 6.06. The Kier molecular flexibility index (Phi) is 7.47. The van der Waals surface area contributed by atoms with E-state index < -0.39 is 23.4 Å². The van der Waals surface area contributed by atoms with Crippen LogP contribution in [-0.4, -0.2) is 45.6 Å². The minimum Gasteiger partial charge on any atom is -0.497 e. The first-order valence-electron chi connectivity index (χ1n) is 11.5. The summed E-state index contributed by atoms with van der Waals surface area (Å²) in [6, 6.07) is 8.77. The van der Waals surface area contributed by atoms with Crippen molar-refractivity contribution in [3.05, 3.63) is 71.2 Å². The number of urea groups is 1. The van der Waals surface area contributed by atoms with Crippen molar-refractivity contribution in [1.29, 1.82) is 0 Å². The normalized spacial score (nSPS) is 13.9. The summed E-state index contributed by atoms with van der Waals surface area (Å²) in [4.78, 5) is 24.9. The molecule has 38 heavy (non-hydrogen) atoms. The quantitative estimate of drug-likeness (QED) is 0.435. The minimum atomic E-state index is -1.04. The zero-order chi connectivity index (χ0) is 27.6. The second-order valence-corrected chi connectivity index (χ2v) is 8.34. The monoisotopic (exact) mass is 523 g/mol. The molecule has 0 bridgehead atoms. The fourth-order valence-electron chi connectivity index (χ4n) is 4.18. The number of ether oxygens (including phenoxy) is 3. The zero-order valence-corrected chi connectivity index (χ0v) is 21.6. The number of nitrogens with zero attached hydrogens (tertiary/aromatic N) is 4. The topological polar surface area (TPSA) is 103 Å². The molecule has 1 aliphatic rings. The summed E-state index contributed by atoms with van der Waals surface area (Å²) in [5.41, 5.74) is 8.45. The molecular formula is C27H27F2N5O4. The molecule has 2 N–H and O–H groups in total. The van der Waals surface area contributed by atoms with Gasteiger partial charge in [0.25, 0.3) is 0 Å². The fourth-order valence-corrected chi connectivity index (χ4v) is 4.18. The number of hydrogen-bond acceptors (Lipinski definition) is 7. The molecule has 0 atom stereocenters. The summed E-state index contributed by atoms with van der Waals surface area (Å²) in [5.74, 6) is -2.04. The highest BCUT2D eigenvalue weighted by Crippen LogP contribution is 2.43. The molecule has 0 unspecified atom stereocenters. The number of carbonyl (C=O) groups is 1. The second kappa shape index (κ2) is 10.8. The molecule has 2 heterocycles. The van der Waals surface area contributed by atoms with Gasteiger partial charge in [0.2, 0.25) is 0 Å². The van der Waals surface area contributed by atoms with Gasteiger partial charge >= 0.3 is 6.03 Å². The number of aliphatic imine (C=N–C) groups is 1. The summed E-state index contributed by atoms with van der Waals surface area (Å²) in [7, 11) is 5.62. The molecule has 0 radical (unpaired) electrons. The maximum atomic E-state index is 15.5. The van der Waals surface area contributed by atoms with Crippen LogP contribution in [0.15, 0.2) is 53.3 Å². The standard InChI is InChI=1S/C27H27F2N5O4/c1-15(30)19(13-31-2)20-10-21-16(12-32-20)14-33(26-24(28)22(37-4)11-23(38-5)25(26)29)27(35)34(21)17-6-8-18(36-3)9-7-17/h6-13H,14,30H2,1-5H3. The van der Waals surface area contributed by atoms with Crippen molar-refractivity contribution >= 4 is 34.9 Å². The molecule has 198 valence electrons. The Bertz CT molecular complexity index is 1410. The van der Waals surface area contributed by atoms with Crippen molar-refractivity contribution in [3.8, 4) is 17.2 Å². The number of allylic oxidation sites excluding steroid dienone is 2. The Morgan fingerprint density at radius 1 is 1.05 bits per heavy atom. The highest BCUT2D eigenvalue weighted by Gasteiger charge is 2.37. The largest absolute Gasteiger partial charge is 0.497 e. The van der Waals surface area contributed by atoms with Gasteiger partial charge in [0.05, 0.1) is 44.9 Å². The average molecular weight is 524 g/mol. The molecule has 0 aliphatic carbocycles. The Morgan fingerprint density at radius 3 is 2.21 bits per heavy atom. The molecule has 0 saturated carbocycles. The van der Waals surface area contributed by atoms with Crippen LogP contribution in [0.3, 0.4) is 0 Å². The van der Waals surface area contributed by atoms with E-state index in [4.69, 9.17) is 19.9 Å². The number of hydrogen-bond donors (Lipinski definition) is 1. The van der Waals surface area contributed by atoms with Crippen LogP contribution in [0.4, 0.5) is 30.6 Å². The third-order valence-electron chi connectivity index (χ3n) is 6.06. The van der Waals surface area contributed by atoms with Crippen molar-refractivity contribution in [1.82, 2.24) is 4.98 Å². The number of methoxy groups -OCH3 is 3. The van der Waals surface area contributed by atoms with E-state index in [9.17, 15) is 4.79 Å². The van der Waals surface area contributed by atoms with E-state index in [-0.39, 0.29) is 18.0 Å². The van der Waals surface area contributed by atoms with Crippen LogP contribution in [-0.2, 0) is 6.54 Å². The van der Waals surface area contributed by atoms with Crippen LogP contribution in [0.5, 0.6) is 17.2 Å². The van der Waals surface area contributed by atoms with Crippen LogP contribution in [0, 0.1) is 11.6 Å². The molecule has 11 heteroatoms. The van der Waals surface area contributed by atoms with E-state index in [1.165, 1.54) is 26.2 Å². The van der Waals surface area contributed by atoms with Crippen LogP contribution >= 0.6 is 0 Å². The number of rotatable bonds is 7. The smallest absolute Gasteiger partial charge is 0.334 e. The van der Waals surface area contributed by atoms with Crippen molar-refractivity contribution < 1.29 is 27.8 Å². The molecule has 1 aromatic heterocycles. The van der Waals surface area contributed by atoms with Crippen molar-refractivity contribution in [3.63, 3.8) is 0 Å². The lowest BCUT2D eigenvalue weighted by molar-refractivity contribution is 0.251. The molecule has 3 aromatic rings. The number of aromatic nitrogens is 1. The second-order valence-electron chi connectivity index (χ2n) is 8.34. The van der Waals surface area contributed by atoms with E-state index >= 15 is 8.78 Å². The van der Waals surface area contributed by atoms with Crippen LogP contribution in [0.1, 0.15) is 18.2 Å². The van der Waals surface area contributed by atoms with Gasteiger partial charge in [0.15, 0.2) is 23.1 Å². The molecule has 0 saturated heterocycles. The molecule has 0 spiro atoms. The molecule has 0 fully saturated rings. The fraction of sp³-hybridized carbons (Fsp3) is 0.222. The number of anilines is 3. The molecule has 9 nitrogen and oxygen atoms in total. The predicted octanol–water partition coefficient (Wildman–Crippen LogP) is 5.05. The van der Waals surface area contributed by atoms with Crippen LogP contribution in [0.25, 0.3) is 5.57 Å². The van der Waals surface area contributed by atoms with Crippen molar-refractivity contribution in [2.45, 2.75) is 13.5 Å². The summed E-state index contributed by atoms with van der Waals surface area (Å²) >= 11 is 0. The van der Waals surface area contributed by atoms with Crippen molar-refractivity contribution in [2.75, 3.05) is 38.2 Å².